The number of likely N-dealkylation sites (tertiary alicyclic amines) is 1. The van der Waals surface area contributed by atoms with Crippen LogP contribution in [0.1, 0.15) is 39.5 Å². The van der Waals surface area contributed by atoms with Crippen molar-refractivity contribution < 1.29 is 9.53 Å². The van der Waals surface area contributed by atoms with Crippen molar-refractivity contribution in [3.63, 3.8) is 0 Å². The fourth-order valence-electron chi connectivity index (χ4n) is 2.51. The molecule has 0 bridgehead atoms. The predicted molar refractivity (Wildman–Crippen MR) is 90.8 cm³/mol. The molecule has 118 valence electrons. The maximum Gasteiger partial charge on any atom is 0.265 e. The van der Waals surface area contributed by atoms with Crippen LogP contribution in [-0.2, 0) is 0 Å². The number of nitrogens with zero attached hydrogens (tertiary/aromatic N) is 2. The van der Waals surface area contributed by atoms with E-state index >= 15 is 0 Å². The highest BCUT2D eigenvalue weighted by Gasteiger charge is 2.19. The molecule has 0 radical (unpaired) electrons. The third-order valence-corrected chi connectivity index (χ3v) is 4.64. The summed E-state index contributed by atoms with van der Waals surface area (Å²) in [4.78, 5) is 19.2. The second-order valence-corrected chi connectivity index (χ2v) is 6.40. The lowest BCUT2D eigenvalue weighted by Gasteiger charge is -2.25. The van der Waals surface area contributed by atoms with Crippen molar-refractivity contribution in [2.75, 3.05) is 20.2 Å². The molecule has 0 aliphatic carbocycles. The van der Waals surface area contributed by atoms with Gasteiger partial charge in [-0.2, -0.15) is 0 Å². The second kappa shape index (κ2) is 7.30. The Morgan fingerprint density at radius 1 is 1.26 bits per heavy atom. The van der Waals surface area contributed by atoms with Crippen LogP contribution in [-0.4, -0.2) is 36.0 Å². The molecule has 23 heavy (non-hydrogen) atoms. The van der Waals surface area contributed by atoms with Crippen molar-refractivity contribution in [3.05, 3.63) is 45.9 Å². The van der Waals surface area contributed by atoms with Gasteiger partial charge in [0.15, 0.2) is 5.01 Å². The summed E-state index contributed by atoms with van der Waals surface area (Å²) in [6.07, 6.45) is 5.03. The van der Waals surface area contributed by atoms with Crippen LogP contribution in [0.4, 0.5) is 0 Å². The topological polar surface area (TPSA) is 42.4 Å². The number of benzene rings is 1. The Hall–Kier alpha value is -2.32. The molecule has 0 saturated carbocycles. The van der Waals surface area contributed by atoms with Gasteiger partial charge in [0.1, 0.15) is 10.6 Å². The molecule has 1 saturated heterocycles. The predicted octanol–water partition coefficient (Wildman–Crippen LogP) is 3.18. The Labute approximate surface area is 140 Å². The number of carbonyl (C=O) groups excluding carboxylic acids is 1. The van der Waals surface area contributed by atoms with Gasteiger partial charge in [0, 0.05) is 18.7 Å². The van der Waals surface area contributed by atoms with Gasteiger partial charge in [-0.05, 0) is 43.4 Å². The lowest BCUT2D eigenvalue weighted by Crippen LogP contribution is -2.35. The van der Waals surface area contributed by atoms with Crippen molar-refractivity contribution in [1.82, 2.24) is 9.88 Å². The Kier molecular flexibility index (Phi) is 4.94. The van der Waals surface area contributed by atoms with Crippen LogP contribution in [0, 0.1) is 11.8 Å². The molecule has 1 aliphatic heterocycles. The van der Waals surface area contributed by atoms with Gasteiger partial charge in [-0.1, -0.05) is 12.0 Å². The number of thiazole rings is 1. The fourth-order valence-corrected chi connectivity index (χ4v) is 3.25. The summed E-state index contributed by atoms with van der Waals surface area (Å²) >= 11 is 1.36. The van der Waals surface area contributed by atoms with Gasteiger partial charge in [-0.15, -0.1) is 11.3 Å². The van der Waals surface area contributed by atoms with Crippen LogP contribution in [0.5, 0.6) is 5.75 Å². The molecule has 1 aromatic heterocycles. The highest BCUT2D eigenvalue weighted by atomic mass is 32.1. The van der Waals surface area contributed by atoms with Crippen LogP contribution in [0.3, 0.4) is 0 Å². The minimum atomic E-state index is 0.0802. The molecule has 0 atom stereocenters. The Morgan fingerprint density at radius 2 is 2.09 bits per heavy atom. The van der Waals surface area contributed by atoms with Crippen LogP contribution >= 0.6 is 11.3 Å². The molecule has 3 rings (SSSR count). The van der Waals surface area contributed by atoms with E-state index in [0.717, 1.165) is 37.2 Å². The van der Waals surface area contributed by atoms with Crippen molar-refractivity contribution >= 4 is 17.2 Å². The molecule has 2 aromatic rings. The molecule has 1 aromatic carbocycles. The van der Waals surface area contributed by atoms with E-state index in [1.54, 1.807) is 13.3 Å². The average molecular weight is 326 g/mol. The van der Waals surface area contributed by atoms with E-state index in [-0.39, 0.29) is 5.91 Å². The number of rotatable bonds is 2. The molecule has 5 heteroatoms. The first-order chi connectivity index (χ1) is 11.3. The van der Waals surface area contributed by atoms with Gasteiger partial charge < -0.3 is 9.64 Å². The summed E-state index contributed by atoms with van der Waals surface area (Å²) in [5.74, 6) is 6.94. The van der Waals surface area contributed by atoms with Crippen LogP contribution < -0.4 is 4.74 Å². The average Bonchev–Trinajstić information content (AvgIpc) is 3.09. The van der Waals surface area contributed by atoms with Gasteiger partial charge in [0.05, 0.1) is 13.3 Å². The SMILES string of the molecule is COc1cccc(C#Cc2ncc(C(=O)N3CCCCC3)s2)c1. The number of hydrogen-bond donors (Lipinski definition) is 0. The lowest BCUT2D eigenvalue weighted by atomic mass is 10.1. The molecular weight excluding hydrogens is 308 g/mol. The third kappa shape index (κ3) is 3.91. The summed E-state index contributed by atoms with van der Waals surface area (Å²) in [7, 11) is 1.63. The van der Waals surface area contributed by atoms with Crippen LogP contribution in [0.15, 0.2) is 30.5 Å². The quantitative estimate of drug-likeness (QED) is 0.796. The van der Waals surface area contributed by atoms with E-state index < -0.39 is 0 Å². The zero-order chi connectivity index (χ0) is 16.1. The summed E-state index contributed by atoms with van der Waals surface area (Å²) in [6.45, 7) is 1.70. The Balaban J connectivity index is 1.72. The van der Waals surface area contributed by atoms with E-state index in [1.807, 2.05) is 29.2 Å². The number of ether oxygens (including phenoxy) is 1. The Bertz CT molecular complexity index is 752. The first-order valence-electron chi connectivity index (χ1n) is 7.67. The van der Waals surface area contributed by atoms with E-state index in [2.05, 4.69) is 16.8 Å². The molecule has 1 aliphatic rings. The van der Waals surface area contributed by atoms with E-state index in [0.29, 0.717) is 9.88 Å². The molecule has 0 N–H and O–H groups in total. The van der Waals surface area contributed by atoms with Crippen molar-refractivity contribution in [1.29, 1.82) is 0 Å². The maximum absolute atomic E-state index is 12.4. The van der Waals surface area contributed by atoms with Crippen LogP contribution in [0.25, 0.3) is 0 Å². The number of carbonyl (C=O) groups is 1. The summed E-state index contributed by atoms with van der Waals surface area (Å²) in [5, 5.41) is 0.660. The lowest BCUT2D eigenvalue weighted by molar-refractivity contribution is 0.0729. The second-order valence-electron chi connectivity index (χ2n) is 5.36. The van der Waals surface area contributed by atoms with E-state index in [1.165, 1.54) is 17.8 Å². The van der Waals surface area contributed by atoms with Gasteiger partial charge in [-0.25, -0.2) is 4.98 Å². The maximum atomic E-state index is 12.4. The Morgan fingerprint density at radius 3 is 2.87 bits per heavy atom. The van der Waals surface area contributed by atoms with E-state index in [9.17, 15) is 4.79 Å². The van der Waals surface area contributed by atoms with E-state index in [4.69, 9.17) is 4.74 Å². The molecule has 0 spiro atoms. The summed E-state index contributed by atoms with van der Waals surface area (Å²) in [6, 6.07) is 7.57. The minimum Gasteiger partial charge on any atom is -0.497 e. The minimum absolute atomic E-state index is 0.0802. The fraction of sp³-hybridized carbons (Fsp3) is 0.333. The first-order valence-corrected chi connectivity index (χ1v) is 8.49. The summed E-state index contributed by atoms with van der Waals surface area (Å²) < 4.78 is 5.18. The van der Waals surface area contributed by atoms with Gasteiger partial charge in [-0.3, -0.25) is 4.79 Å². The van der Waals surface area contributed by atoms with Crippen molar-refractivity contribution in [2.45, 2.75) is 19.3 Å². The molecule has 1 amide bonds. The third-order valence-electron chi connectivity index (χ3n) is 3.74. The largest absolute Gasteiger partial charge is 0.497 e. The molecular formula is C18H18N2O2S. The van der Waals surface area contributed by atoms with Crippen LogP contribution in [0.2, 0.25) is 0 Å². The van der Waals surface area contributed by atoms with Gasteiger partial charge >= 0.3 is 0 Å². The number of aromatic nitrogens is 1. The van der Waals surface area contributed by atoms with Gasteiger partial charge in [0.25, 0.3) is 5.91 Å². The van der Waals surface area contributed by atoms with Crippen molar-refractivity contribution in [2.24, 2.45) is 0 Å². The monoisotopic (exact) mass is 326 g/mol. The highest BCUT2D eigenvalue weighted by Crippen LogP contribution is 2.18. The van der Waals surface area contributed by atoms with Gasteiger partial charge in [0.2, 0.25) is 0 Å². The number of methoxy groups -OCH3 is 1. The number of amides is 1. The summed E-state index contributed by atoms with van der Waals surface area (Å²) in [5.41, 5.74) is 0.864. The zero-order valence-electron chi connectivity index (χ0n) is 13.0. The molecule has 4 nitrogen and oxygen atoms in total. The molecule has 0 unspecified atom stereocenters. The standard InChI is InChI=1S/C18H18N2O2S/c1-22-15-7-5-6-14(12-15)8-9-17-19-13-16(23-17)18(21)20-10-3-2-4-11-20/h5-7,12-13H,2-4,10-11H2,1H3. The highest BCUT2D eigenvalue weighted by molar-refractivity contribution is 7.14. The smallest absolute Gasteiger partial charge is 0.265 e. The number of piperidine rings is 1. The molecule has 2 heterocycles. The zero-order valence-corrected chi connectivity index (χ0v) is 13.9. The number of hydrogen-bond acceptors (Lipinski definition) is 4. The molecule has 1 fully saturated rings. The first kappa shape index (κ1) is 15.6. The normalized spacial score (nSPS) is 14.0. The van der Waals surface area contributed by atoms with Crippen molar-refractivity contribution in [3.8, 4) is 17.6 Å².